The van der Waals surface area contributed by atoms with Gasteiger partial charge in [-0.3, -0.25) is 4.68 Å². The van der Waals surface area contributed by atoms with Crippen LogP contribution in [0.15, 0.2) is 34.8 Å². The first kappa shape index (κ1) is 14.2. The molecule has 0 aliphatic rings. The largest absolute Gasteiger partial charge is 0.383 e. The third kappa shape index (κ3) is 3.21. The molecule has 0 radical (unpaired) electrons. The van der Waals surface area contributed by atoms with E-state index in [9.17, 15) is 13.5 Å². The predicted octanol–water partition coefficient (Wildman–Crippen LogP) is 0.668. The number of aromatic nitrogens is 2. The lowest BCUT2D eigenvalue weighted by molar-refractivity contribution is 0.0666. The van der Waals surface area contributed by atoms with E-state index in [2.05, 4.69) is 9.82 Å². The Labute approximate surface area is 115 Å². The number of hydrogen-bond acceptors (Lipinski definition) is 5. The van der Waals surface area contributed by atoms with Crippen molar-refractivity contribution < 1.29 is 13.5 Å². The molecular weight excluding hydrogens is 286 g/mol. The fourth-order valence-corrected chi connectivity index (χ4v) is 3.43. The Hall–Kier alpha value is -1.22. The monoisotopic (exact) mass is 301 g/mol. The van der Waals surface area contributed by atoms with E-state index in [-0.39, 0.29) is 11.4 Å². The number of nitrogens with one attached hydrogen (secondary N) is 1. The fourth-order valence-electron chi connectivity index (χ4n) is 1.53. The minimum atomic E-state index is -3.65. The van der Waals surface area contributed by atoms with Crippen LogP contribution in [0.4, 0.5) is 0 Å². The van der Waals surface area contributed by atoms with Crippen LogP contribution in [0.25, 0.3) is 0 Å². The molecular formula is C11H15N3O3S2. The average molecular weight is 301 g/mol. The molecule has 0 saturated heterocycles. The topological polar surface area (TPSA) is 84.2 Å². The number of sulfonamides is 1. The zero-order chi connectivity index (χ0) is 14.1. The highest BCUT2D eigenvalue weighted by Gasteiger charge is 2.27. The number of aryl methyl sites for hydroxylation is 1. The number of hydrogen-bond donors (Lipinski definition) is 2. The van der Waals surface area contributed by atoms with E-state index in [1.165, 1.54) is 28.4 Å². The zero-order valence-electron chi connectivity index (χ0n) is 10.6. The van der Waals surface area contributed by atoms with Crippen molar-refractivity contribution in [1.29, 1.82) is 0 Å². The minimum Gasteiger partial charge on any atom is -0.383 e. The van der Waals surface area contributed by atoms with Crippen LogP contribution in [0.1, 0.15) is 11.8 Å². The SMILES string of the molecule is Cn1cc(S(=O)(=O)NC[C@](C)(O)c2cccs2)cn1. The van der Waals surface area contributed by atoms with Crippen molar-refractivity contribution in [3.8, 4) is 0 Å². The van der Waals surface area contributed by atoms with Crippen molar-refractivity contribution >= 4 is 21.4 Å². The highest BCUT2D eigenvalue weighted by atomic mass is 32.2. The molecule has 2 N–H and O–H groups in total. The normalized spacial score (nSPS) is 15.3. The van der Waals surface area contributed by atoms with Gasteiger partial charge in [0.2, 0.25) is 10.0 Å². The first-order valence-corrected chi connectivity index (χ1v) is 7.92. The number of thiophene rings is 1. The molecule has 19 heavy (non-hydrogen) atoms. The lowest BCUT2D eigenvalue weighted by atomic mass is 10.1. The molecule has 0 aliphatic heterocycles. The van der Waals surface area contributed by atoms with E-state index in [1.807, 2.05) is 11.4 Å². The Balaban J connectivity index is 2.10. The Morgan fingerprint density at radius 3 is 2.84 bits per heavy atom. The van der Waals surface area contributed by atoms with Gasteiger partial charge in [-0.25, -0.2) is 13.1 Å². The molecule has 2 heterocycles. The van der Waals surface area contributed by atoms with E-state index in [0.717, 1.165) is 0 Å². The zero-order valence-corrected chi connectivity index (χ0v) is 12.2. The Bertz CT molecular complexity index is 645. The summed E-state index contributed by atoms with van der Waals surface area (Å²) in [5, 5.41) is 15.9. The van der Waals surface area contributed by atoms with Crippen LogP contribution < -0.4 is 4.72 Å². The van der Waals surface area contributed by atoms with Gasteiger partial charge in [-0.1, -0.05) is 6.07 Å². The summed E-state index contributed by atoms with van der Waals surface area (Å²) >= 11 is 1.38. The summed E-state index contributed by atoms with van der Waals surface area (Å²) in [6, 6.07) is 3.58. The maximum Gasteiger partial charge on any atom is 0.243 e. The Morgan fingerprint density at radius 2 is 2.32 bits per heavy atom. The van der Waals surface area contributed by atoms with E-state index in [0.29, 0.717) is 4.88 Å². The van der Waals surface area contributed by atoms with Gasteiger partial charge in [0, 0.05) is 24.7 Å². The third-order valence-electron chi connectivity index (χ3n) is 2.65. The Morgan fingerprint density at radius 1 is 1.58 bits per heavy atom. The molecule has 0 aliphatic carbocycles. The van der Waals surface area contributed by atoms with Crippen LogP contribution >= 0.6 is 11.3 Å². The van der Waals surface area contributed by atoms with Crippen LogP contribution in [0.3, 0.4) is 0 Å². The summed E-state index contributed by atoms with van der Waals surface area (Å²) in [7, 11) is -2.01. The van der Waals surface area contributed by atoms with E-state index < -0.39 is 15.6 Å². The van der Waals surface area contributed by atoms with Crippen molar-refractivity contribution in [2.24, 2.45) is 7.05 Å². The second kappa shape index (κ2) is 5.04. The molecule has 0 spiro atoms. The summed E-state index contributed by atoms with van der Waals surface area (Å²) in [5.41, 5.74) is -1.23. The van der Waals surface area contributed by atoms with E-state index in [4.69, 9.17) is 0 Å². The molecule has 1 atom stereocenters. The summed E-state index contributed by atoms with van der Waals surface area (Å²) < 4.78 is 27.8. The molecule has 0 bridgehead atoms. The van der Waals surface area contributed by atoms with E-state index in [1.54, 1.807) is 20.0 Å². The lowest BCUT2D eigenvalue weighted by Crippen LogP contribution is -2.37. The maximum absolute atomic E-state index is 12.0. The molecule has 8 heteroatoms. The summed E-state index contributed by atoms with van der Waals surface area (Å²) in [6.45, 7) is 1.48. The van der Waals surface area contributed by atoms with Gasteiger partial charge >= 0.3 is 0 Å². The highest BCUT2D eigenvalue weighted by molar-refractivity contribution is 7.89. The van der Waals surface area contributed by atoms with Gasteiger partial charge < -0.3 is 5.11 Å². The Kier molecular flexibility index (Phi) is 3.77. The van der Waals surface area contributed by atoms with Crippen molar-refractivity contribution in [3.05, 3.63) is 34.8 Å². The van der Waals surface area contributed by atoms with Gasteiger partial charge in [0.15, 0.2) is 0 Å². The molecule has 0 aromatic carbocycles. The second-order valence-electron chi connectivity index (χ2n) is 4.43. The van der Waals surface area contributed by atoms with Gasteiger partial charge in [-0.05, 0) is 18.4 Å². The highest BCUT2D eigenvalue weighted by Crippen LogP contribution is 2.24. The van der Waals surface area contributed by atoms with Gasteiger partial charge in [0.1, 0.15) is 10.5 Å². The van der Waals surface area contributed by atoms with E-state index >= 15 is 0 Å². The van der Waals surface area contributed by atoms with Crippen molar-refractivity contribution in [3.63, 3.8) is 0 Å². The molecule has 2 rings (SSSR count). The number of nitrogens with zero attached hydrogens (tertiary/aromatic N) is 2. The van der Waals surface area contributed by atoms with Crippen molar-refractivity contribution in [2.45, 2.75) is 17.4 Å². The molecule has 0 amide bonds. The van der Waals surface area contributed by atoms with Crippen LogP contribution in [0, 0.1) is 0 Å². The lowest BCUT2D eigenvalue weighted by Gasteiger charge is -2.21. The molecule has 0 saturated carbocycles. The molecule has 104 valence electrons. The van der Waals surface area contributed by atoms with Crippen LogP contribution in [-0.4, -0.2) is 29.8 Å². The predicted molar refractivity (Wildman–Crippen MR) is 72.3 cm³/mol. The summed E-state index contributed by atoms with van der Waals surface area (Å²) in [6.07, 6.45) is 2.67. The van der Waals surface area contributed by atoms with Crippen LogP contribution in [-0.2, 0) is 22.7 Å². The van der Waals surface area contributed by atoms with Crippen molar-refractivity contribution in [1.82, 2.24) is 14.5 Å². The second-order valence-corrected chi connectivity index (χ2v) is 7.14. The van der Waals surface area contributed by atoms with Gasteiger partial charge in [-0.15, -0.1) is 11.3 Å². The average Bonchev–Trinajstić information content (AvgIpc) is 2.97. The third-order valence-corrected chi connectivity index (χ3v) is 5.13. The van der Waals surface area contributed by atoms with Crippen LogP contribution in [0.5, 0.6) is 0 Å². The first-order chi connectivity index (χ1) is 8.81. The van der Waals surface area contributed by atoms with Gasteiger partial charge in [0.25, 0.3) is 0 Å². The summed E-state index contributed by atoms with van der Waals surface area (Å²) in [5.74, 6) is 0. The smallest absolute Gasteiger partial charge is 0.243 e. The standard InChI is InChI=1S/C11H15N3O3S2/c1-11(15,10-4-3-5-18-10)8-13-19(16,17)9-6-12-14(2)7-9/h3-7,13,15H,8H2,1-2H3/t11-/m0/s1. The molecule has 2 aromatic rings. The molecule has 0 unspecified atom stereocenters. The summed E-state index contributed by atoms with van der Waals surface area (Å²) in [4.78, 5) is 0.790. The molecule has 2 aromatic heterocycles. The molecule has 6 nitrogen and oxygen atoms in total. The quantitative estimate of drug-likeness (QED) is 0.850. The number of rotatable bonds is 5. The van der Waals surface area contributed by atoms with Crippen molar-refractivity contribution in [2.75, 3.05) is 6.54 Å². The maximum atomic E-state index is 12.0. The fraction of sp³-hybridized carbons (Fsp3) is 0.364. The van der Waals surface area contributed by atoms with Crippen LogP contribution in [0.2, 0.25) is 0 Å². The van der Waals surface area contributed by atoms with Gasteiger partial charge in [-0.2, -0.15) is 5.10 Å². The van der Waals surface area contributed by atoms with Gasteiger partial charge in [0.05, 0.1) is 6.20 Å². The molecule has 0 fully saturated rings. The number of aliphatic hydroxyl groups is 1. The first-order valence-electron chi connectivity index (χ1n) is 5.56. The minimum absolute atomic E-state index is 0.0805.